The monoisotopic (exact) mass is 398 g/mol. The van der Waals surface area contributed by atoms with E-state index in [1.165, 1.54) is 18.0 Å². The number of carbonyl (C=O) groups excluding carboxylic acids is 1. The van der Waals surface area contributed by atoms with E-state index in [9.17, 15) is 13.6 Å². The van der Waals surface area contributed by atoms with Crippen LogP contribution >= 0.6 is 0 Å². The summed E-state index contributed by atoms with van der Waals surface area (Å²) in [4.78, 5) is 13.5. The van der Waals surface area contributed by atoms with Crippen LogP contribution in [0.5, 0.6) is 11.5 Å². The minimum absolute atomic E-state index is 0.162. The Balaban J connectivity index is 2.13. The van der Waals surface area contributed by atoms with Crippen LogP contribution in [0.4, 0.5) is 14.5 Å². The lowest BCUT2D eigenvalue weighted by atomic mass is 9.91. The summed E-state index contributed by atoms with van der Waals surface area (Å²) in [6, 6.07) is 7.75. The lowest BCUT2D eigenvalue weighted by molar-refractivity contribution is -0.120. The van der Waals surface area contributed by atoms with Crippen LogP contribution in [0.15, 0.2) is 54.4 Å². The second-order valence-electron chi connectivity index (χ2n) is 6.38. The molecule has 1 amide bonds. The summed E-state index contributed by atoms with van der Waals surface area (Å²) in [7, 11) is 1.54. The van der Waals surface area contributed by atoms with Gasteiger partial charge in [0.05, 0.1) is 0 Å². The van der Waals surface area contributed by atoms with Crippen LogP contribution in [0.3, 0.4) is 0 Å². The van der Waals surface area contributed by atoms with Gasteiger partial charge in [0, 0.05) is 54.5 Å². The molecule has 0 unspecified atom stereocenters. The number of hydrogen-bond acceptors (Lipinski definition) is 5. The van der Waals surface area contributed by atoms with Crippen molar-refractivity contribution >= 4 is 22.9 Å². The van der Waals surface area contributed by atoms with E-state index in [2.05, 4.69) is 5.32 Å². The van der Waals surface area contributed by atoms with Crippen molar-refractivity contribution in [2.75, 3.05) is 19.3 Å². The minimum atomic E-state index is -0.853. The molecule has 0 bridgehead atoms. The molecule has 4 N–H and O–H groups in total. The van der Waals surface area contributed by atoms with Crippen LogP contribution in [0.2, 0.25) is 0 Å². The largest absolute Gasteiger partial charge is 0.454 e. The molecular weight excluding hydrogens is 378 g/mol. The summed E-state index contributed by atoms with van der Waals surface area (Å²) in [5.41, 5.74) is 7.48. The number of nitrogen functional groups attached to an aromatic ring is 1. The average molecular weight is 398 g/mol. The topological polar surface area (TPSA) is 91.4 Å². The third-order valence-electron chi connectivity index (χ3n) is 4.27. The molecule has 0 aliphatic carbocycles. The summed E-state index contributed by atoms with van der Waals surface area (Å²) in [6.07, 6.45) is 3.14. The normalized spacial score (nSPS) is 15.5. The molecule has 0 saturated heterocycles. The molecule has 0 radical (unpaired) electrons. The molecular formula is C21H20F2N4O2. The summed E-state index contributed by atoms with van der Waals surface area (Å²) in [6.45, 7) is 2.47. The number of nitrogens with two attached hydrogens (primary N) is 1. The van der Waals surface area contributed by atoms with Gasteiger partial charge in [-0.05, 0) is 37.3 Å². The SMILES string of the molecule is CCN/C=C1\C(=N)C(=O)N(C)C=C1c1cc(N)ccc1Oc1ccc(F)cc1F. The summed E-state index contributed by atoms with van der Waals surface area (Å²) >= 11 is 0. The first-order valence-electron chi connectivity index (χ1n) is 8.86. The Morgan fingerprint density at radius 2 is 1.93 bits per heavy atom. The highest BCUT2D eigenvalue weighted by Crippen LogP contribution is 2.38. The van der Waals surface area contributed by atoms with E-state index in [0.717, 1.165) is 12.1 Å². The number of nitrogens with one attached hydrogen (secondary N) is 2. The maximum Gasteiger partial charge on any atom is 0.276 e. The van der Waals surface area contributed by atoms with Gasteiger partial charge in [-0.15, -0.1) is 0 Å². The number of nitrogens with zero attached hydrogens (tertiary/aromatic N) is 1. The molecule has 6 nitrogen and oxygen atoms in total. The predicted molar refractivity (Wildman–Crippen MR) is 108 cm³/mol. The molecule has 2 aromatic rings. The molecule has 1 aliphatic heterocycles. The molecule has 150 valence electrons. The van der Waals surface area contributed by atoms with Crippen molar-refractivity contribution in [1.82, 2.24) is 10.2 Å². The molecule has 1 heterocycles. The van der Waals surface area contributed by atoms with Gasteiger partial charge in [0.25, 0.3) is 5.91 Å². The Bertz CT molecular complexity index is 1050. The fourth-order valence-corrected chi connectivity index (χ4v) is 2.84. The van der Waals surface area contributed by atoms with Crippen LogP contribution in [-0.4, -0.2) is 30.1 Å². The highest BCUT2D eigenvalue weighted by molar-refractivity contribution is 6.48. The maximum atomic E-state index is 14.1. The van der Waals surface area contributed by atoms with Crippen molar-refractivity contribution in [1.29, 1.82) is 5.41 Å². The molecule has 0 atom stereocenters. The van der Waals surface area contributed by atoms with Crippen molar-refractivity contribution < 1.29 is 18.3 Å². The zero-order valence-electron chi connectivity index (χ0n) is 15.9. The number of halogens is 2. The van der Waals surface area contributed by atoms with E-state index in [1.54, 1.807) is 30.6 Å². The number of allylic oxidation sites excluding steroid dienone is 1. The fraction of sp³-hybridized carbons (Fsp3) is 0.143. The van der Waals surface area contributed by atoms with Gasteiger partial charge >= 0.3 is 0 Å². The highest BCUT2D eigenvalue weighted by Gasteiger charge is 2.29. The Morgan fingerprint density at radius 1 is 1.21 bits per heavy atom. The number of ether oxygens (including phenoxy) is 1. The van der Waals surface area contributed by atoms with E-state index in [1.807, 2.05) is 6.92 Å². The van der Waals surface area contributed by atoms with Gasteiger partial charge in [-0.3, -0.25) is 10.2 Å². The standard InChI is InChI=1S/C21H20F2N4O2/c1-3-26-10-15-16(11-27(2)21(28)20(15)25)14-9-13(24)5-7-18(14)29-19-6-4-12(22)8-17(19)23/h4-11,25-26H,3,24H2,1-2H3/b15-10-,25-20?. The van der Waals surface area contributed by atoms with Crippen LogP contribution in [0.1, 0.15) is 12.5 Å². The average Bonchev–Trinajstić information content (AvgIpc) is 2.68. The number of rotatable bonds is 5. The smallest absolute Gasteiger partial charge is 0.276 e. The van der Waals surface area contributed by atoms with Crippen molar-refractivity contribution in [3.63, 3.8) is 0 Å². The molecule has 1 aliphatic rings. The first kappa shape index (κ1) is 20.1. The Kier molecular flexibility index (Phi) is 5.63. The van der Waals surface area contributed by atoms with Gasteiger partial charge in [-0.2, -0.15) is 0 Å². The van der Waals surface area contributed by atoms with Crippen molar-refractivity contribution in [2.24, 2.45) is 0 Å². The Morgan fingerprint density at radius 3 is 2.62 bits per heavy atom. The number of benzene rings is 2. The first-order chi connectivity index (χ1) is 13.8. The molecule has 2 aromatic carbocycles. The van der Waals surface area contributed by atoms with E-state index in [-0.39, 0.29) is 17.2 Å². The number of carbonyl (C=O) groups is 1. The first-order valence-corrected chi connectivity index (χ1v) is 8.86. The van der Waals surface area contributed by atoms with Gasteiger partial charge in [0.15, 0.2) is 11.6 Å². The Labute approximate surface area is 166 Å². The van der Waals surface area contributed by atoms with E-state index in [4.69, 9.17) is 15.9 Å². The van der Waals surface area contributed by atoms with Gasteiger partial charge in [0.1, 0.15) is 17.3 Å². The maximum absolute atomic E-state index is 14.1. The number of anilines is 1. The molecule has 0 fully saturated rings. The molecule has 0 saturated carbocycles. The summed E-state index contributed by atoms with van der Waals surface area (Å²) in [5, 5.41) is 11.2. The minimum Gasteiger partial charge on any atom is -0.454 e. The van der Waals surface area contributed by atoms with Crippen LogP contribution in [0.25, 0.3) is 5.57 Å². The predicted octanol–water partition coefficient (Wildman–Crippen LogP) is 3.67. The van der Waals surface area contributed by atoms with E-state index < -0.39 is 17.5 Å². The summed E-state index contributed by atoms with van der Waals surface area (Å²) in [5.74, 6) is -1.95. The molecule has 0 aromatic heterocycles. The van der Waals surface area contributed by atoms with Gasteiger partial charge < -0.3 is 20.7 Å². The van der Waals surface area contributed by atoms with E-state index in [0.29, 0.717) is 28.9 Å². The van der Waals surface area contributed by atoms with Crippen molar-refractivity contribution in [3.8, 4) is 11.5 Å². The number of amides is 1. The zero-order chi connectivity index (χ0) is 21.1. The van der Waals surface area contributed by atoms with Crippen LogP contribution in [-0.2, 0) is 4.79 Å². The second-order valence-corrected chi connectivity index (χ2v) is 6.38. The molecule has 3 rings (SSSR count). The van der Waals surface area contributed by atoms with Crippen molar-refractivity contribution in [3.05, 3.63) is 71.6 Å². The molecule has 0 spiro atoms. The van der Waals surface area contributed by atoms with Gasteiger partial charge in [-0.25, -0.2) is 8.78 Å². The Hall–Kier alpha value is -3.68. The highest BCUT2D eigenvalue weighted by atomic mass is 19.1. The summed E-state index contributed by atoms with van der Waals surface area (Å²) < 4.78 is 33.0. The second kappa shape index (κ2) is 8.14. The fourth-order valence-electron chi connectivity index (χ4n) is 2.84. The third-order valence-corrected chi connectivity index (χ3v) is 4.27. The molecule has 29 heavy (non-hydrogen) atoms. The molecule has 8 heteroatoms. The lowest BCUT2D eigenvalue weighted by Crippen LogP contribution is -2.35. The lowest BCUT2D eigenvalue weighted by Gasteiger charge is -2.26. The van der Waals surface area contributed by atoms with Crippen molar-refractivity contribution in [2.45, 2.75) is 6.92 Å². The van der Waals surface area contributed by atoms with Crippen LogP contribution < -0.4 is 15.8 Å². The van der Waals surface area contributed by atoms with Crippen LogP contribution in [0, 0.1) is 17.0 Å². The third kappa shape index (κ3) is 4.11. The van der Waals surface area contributed by atoms with E-state index >= 15 is 0 Å². The number of hydrogen-bond donors (Lipinski definition) is 3. The quantitative estimate of drug-likeness (QED) is 0.671. The van der Waals surface area contributed by atoms with Gasteiger partial charge in [0.2, 0.25) is 0 Å². The zero-order valence-corrected chi connectivity index (χ0v) is 15.9. The van der Waals surface area contributed by atoms with Gasteiger partial charge in [-0.1, -0.05) is 0 Å².